The fraction of sp³-hybridized carbons (Fsp3) is 0.150. The van der Waals surface area contributed by atoms with Crippen LogP contribution in [0.3, 0.4) is 0 Å². The monoisotopic (exact) mass is 450 g/mol. The number of amides is 1. The van der Waals surface area contributed by atoms with Crippen molar-refractivity contribution in [2.75, 3.05) is 17.9 Å². The number of ether oxygens (including phenoxy) is 1. The Morgan fingerprint density at radius 2 is 1.90 bits per heavy atom. The zero-order valence-corrected chi connectivity index (χ0v) is 17.9. The van der Waals surface area contributed by atoms with E-state index >= 15 is 0 Å². The van der Waals surface area contributed by atoms with Crippen molar-refractivity contribution in [2.24, 2.45) is 0 Å². The summed E-state index contributed by atoms with van der Waals surface area (Å²) in [5.74, 6) is 0.362. The van der Waals surface area contributed by atoms with Gasteiger partial charge in [0, 0.05) is 16.3 Å². The van der Waals surface area contributed by atoms with Crippen LogP contribution in [0.1, 0.15) is 15.9 Å². The maximum atomic E-state index is 12.2. The van der Waals surface area contributed by atoms with Gasteiger partial charge in [-0.05, 0) is 60.3 Å². The molecule has 29 heavy (non-hydrogen) atoms. The molecule has 1 amide bonds. The molecule has 3 rings (SSSR count). The van der Waals surface area contributed by atoms with Crippen LogP contribution in [0.15, 0.2) is 64.2 Å². The second-order valence-electron chi connectivity index (χ2n) is 6.13. The van der Waals surface area contributed by atoms with Gasteiger partial charge in [-0.2, -0.15) is 0 Å². The summed E-state index contributed by atoms with van der Waals surface area (Å²) in [5, 5.41) is 5.07. The zero-order valence-electron chi connectivity index (χ0n) is 15.5. The number of benzene rings is 2. The molecule has 2 N–H and O–H groups in total. The number of rotatable bonds is 8. The third-order valence-electron chi connectivity index (χ3n) is 3.96. The lowest BCUT2D eigenvalue weighted by Gasteiger charge is -2.10. The second kappa shape index (κ2) is 9.30. The van der Waals surface area contributed by atoms with E-state index in [9.17, 15) is 13.2 Å². The van der Waals surface area contributed by atoms with E-state index in [2.05, 4.69) is 10.0 Å². The number of anilines is 1. The van der Waals surface area contributed by atoms with Crippen LogP contribution in [0, 0.1) is 6.92 Å². The second-order valence-corrected chi connectivity index (χ2v) is 9.39. The molecule has 0 unspecified atom stereocenters. The van der Waals surface area contributed by atoms with Gasteiger partial charge in [-0.1, -0.05) is 23.7 Å². The Labute approximate surface area is 178 Å². The topological polar surface area (TPSA) is 84.5 Å². The highest BCUT2D eigenvalue weighted by atomic mass is 35.5. The number of hydrogen-bond donors (Lipinski definition) is 2. The molecule has 0 aliphatic carbocycles. The van der Waals surface area contributed by atoms with Gasteiger partial charge in [-0.3, -0.25) is 9.52 Å². The Morgan fingerprint density at radius 1 is 1.14 bits per heavy atom. The highest BCUT2D eigenvalue weighted by Crippen LogP contribution is 2.22. The molecule has 0 aliphatic heterocycles. The molecule has 0 atom stereocenters. The summed E-state index contributed by atoms with van der Waals surface area (Å²) in [6, 6.07) is 14.8. The van der Waals surface area contributed by atoms with Crippen LogP contribution in [0.25, 0.3) is 0 Å². The van der Waals surface area contributed by atoms with Gasteiger partial charge >= 0.3 is 0 Å². The van der Waals surface area contributed by atoms with Gasteiger partial charge < -0.3 is 10.1 Å². The lowest BCUT2D eigenvalue weighted by Crippen LogP contribution is -2.28. The van der Waals surface area contributed by atoms with Crippen molar-refractivity contribution < 1.29 is 17.9 Å². The normalized spacial score (nSPS) is 11.1. The van der Waals surface area contributed by atoms with Crippen LogP contribution < -0.4 is 14.8 Å². The first-order chi connectivity index (χ1) is 13.8. The van der Waals surface area contributed by atoms with E-state index in [1.807, 2.05) is 19.1 Å². The number of aryl methyl sites for hydroxylation is 1. The van der Waals surface area contributed by atoms with Crippen LogP contribution in [0.5, 0.6) is 5.75 Å². The summed E-state index contributed by atoms with van der Waals surface area (Å²) >= 11 is 7.18. The Balaban J connectivity index is 1.49. The number of halogens is 1. The first kappa shape index (κ1) is 21.2. The SMILES string of the molecule is Cc1ccc(OCCNC(=O)c2ccc(NS(=O)(=O)c3cccs3)cc2)cc1Cl. The number of carbonyl (C=O) groups excluding carboxylic acids is 1. The first-order valence-corrected chi connectivity index (χ1v) is 11.4. The molecular formula is C20H19ClN2O4S2. The Morgan fingerprint density at radius 3 is 2.55 bits per heavy atom. The van der Waals surface area contributed by atoms with E-state index in [-0.39, 0.29) is 10.1 Å². The minimum atomic E-state index is -3.61. The number of hydrogen-bond acceptors (Lipinski definition) is 5. The van der Waals surface area contributed by atoms with Crippen LogP contribution >= 0.6 is 22.9 Å². The molecule has 0 aliphatic rings. The molecule has 0 fully saturated rings. The van der Waals surface area contributed by atoms with E-state index in [1.54, 1.807) is 41.8 Å². The van der Waals surface area contributed by atoms with Crippen molar-refractivity contribution in [1.29, 1.82) is 0 Å². The van der Waals surface area contributed by atoms with Crippen molar-refractivity contribution in [3.63, 3.8) is 0 Å². The molecule has 152 valence electrons. The predicted octanol–water partition coefficient (Wildman–Crippen LogP) is 4.32. The largest absolute Gasteiger partial charge is 0.492 e. The smallest absolute Gasteiger partial charge is 0.271 e. The van der Waals surface area contributed by atoms with Gasteiger partial charge in [0.1, 0.15) is 16.6 Å². The summed E-state index contributed by atoms with van der Waals surface area (Å²) in [5.41, 5.74) is 1.77. The zero-order chi connectivity index (χ0) is 20.9. The first-order valence-electron chi connectivity index (χ1n) is 8.69. The fourth-order valence-electron chi connectivity index (χ4n) is 2.41. The summed E-state index contributed by atoms with van der Waals surface area (Å²) in [6.45, 7) is 2.52. The minimum Gasteiger partial charge on any atom is -0.492 e. The lowest BCUT2D eigenvalue weighted by molar-refractivity contribution is 0.0947. The van der Waals surface area contributed by atoms with Crippen LogP contribution in [-0.2, 0) is 10.0 Å². The average Bonchev–Trinajstić information content (AvgIpc) is 3.24. The highest BCUT2D eigenvalue weighted by Gasteiger charge is 2.15. The van der Waals surface area contributed by atoms with Crippen molar-refractivity contribution in [2.45, 2.75) is 11.1 Å². The molecule has 0 saturated heterocycles. The third kappa shape index (κ3) is 5.72. The molecule has 0 spiro atoms. The van der Waals surface area contributed by atoms with Crippen LogP contribution in [0.4, 0.5) is 5.69 Å². The summed E-state index contributed by atoms with van der Waals surface area (Å²) in [7, 11) is -3.61. The Kier molecular flexibility index (Phi) is 6.79. The summed E-state index contributed by atoms with van der Waals surface area (Å²) < 4.78 is 32.7. The standard InChI is InChI=1S/C20H19ClN2O4S2/c1-14-4-9-17(13-18(14)21)27-11-10-22-20(24)15-5-7-16(8-6-15)23-29(25,26)19-3-2-12-28-19/h2-9,12-13,23H,10-11H2,1H3,(H,22,24). The maximum absolute atomic E-state index is 12.2. The molecule has 9 heteroatoms. The van der Waals surface area contributed by atoms with Crippen LogP contribution in [-0.4, -0.2) is 27.5 Å². The quantitative estimate of drug-likeness (QED) is 0.500. The van der Waals surface area contributed by atoms with Gasteiger partial charge in [0.2, 0.25) is 0 Å². The van der Waals surface area contributed by atoms with Gasteiger partial charge in [0.05, 0.1) is 6.54 Å². The third-order valence-corrected chi connectivity index (χ3v) is 7.14. The molecule has 6 nitrogen and oxygen atoms in total. The van der Waals surface area contributed by atoms with Crippen LogP contribution in [0.2, 0.25) is 5.02 Å². The number of sulfonamides is 1. The predicted molar refractivity (Wildman–Crippen MR) is 116 cm³/mol. The van der Waals surface area contributed by atoms with Gasteiger partial charge in [0.15, 0.2) is 0 Å². The number of carbonyl (C=O) groups is 1. The van der Waals surface area contributed by atoms with E-state index < -0.39 is 10.0 Å². The lowest BCUT2D eigenvalue weighted by atomic mass is 10.2. The molecule has 0 saturated carbocycles. The Bertz CT molecular complexity index is 1080. The van der Waals surface area contributed by atoms with Crippen molar-refractivity contribution in [1.82, 2.24) is 5.32 Å². The summed E-state index contributed by atoms with van der Waals surface area (Å²) in [6.07, 6.45) is 0. The highest BCUT2D eigenvalue weighted by molar-refractivity contribution is 7.94. The van der Waals surface area contributed by atoms with E-state index in [1.165, 1.54) is 6.07 Å². The van der Waals surface area contributed by atoms with Gasteiger partial charge in [-0.15, -0.1) is 11.3 Å². The van der Waals surface area contributed by atoms with Crippen molar-refractivity contribution in [3.8, 4) is 5.75 Å². The molecule has 3 aromatic rings. The molecule has 1 aromatic heterocycles. The van der Waals surface area contributed by atoms with Crippen molar-refractivity contribution >= 4 is 44.6 Å². The molecule has 0 bridgehead atoms. The van der Waals surface area contributed by atoms with Crippen molar-refractivity contribution in [3.05, 3.63) is 76.1 Å². The van der Waals surface area contributed by atoms with E-state index in [4.69, 9.17) is 16.3 Å². The number of nitrogens with one attached hydrogen (secondary N) is 2. The molecule has 2 aromatic carbocycles. The fourth-order valence-corrected chi connectivity index (χ4v) is 4.63. The van der Waals surface area contributed by atoms with Gasteiger partial charge in [0.25, 0.3) is 15.9 Å². The molecule has 1 heterocycles. The van der Waals surface area contributed by atoms with E-state index in [0.29, 0.717) is 35.2 Å². The minimum absolute atomic E-state index is 0.231. The Hall–Kier alpha value is -2.55. The average molecular weight is 451 g/mol. The molecule has 0 radical (unpaired) electrons. The van der Waals surface area contributed by atoms with Gasteiger partial charge in [-0.25, -0.2) is 8.42 Å². The van der Waals surface area contributed by atoms with E-state index in [0.717, 1.165) is 16.9 Å². The molecular weight excluding hydrogens is 432 g/mol. The number of thiophene rings is 1. The maximum Gasteiger partial charge on any atom is 0.271 e. The summed E-state index contributed by atoms with van der Waals surface area (Å²) in [4.78, 5) is 12.2.